The number of anilines is 1. The Hall–Kier alpha value is -1.61. The van der Waals surface area contributed by atoms with Gasteiger partial charge in [-0.05, 0) is 24.6 Å². The molecule has 1 aromatic rings. The van der Waals surface area contributed by atoms with Gasteiger partial charge in [-0.3, -0.25) is 0 Å². The zero-order valence-corrected chi connectivity index (χ0v) is 9.80. The molecule has 1 fully saturated rings. The third-order valence-corrected chi connectivity index (χ3v) is 4.46. The second kappa shape index (κ2) is 4.34. The zero-order chi connectivity index (χ0) is 12.5. The molecule has 0 amide bonds. The van der Waals surface area contributed by atoms with Crippen LogP contribution in [0.4, 0.5) is 10.1 Å². The van der Waals surface area contributed by atoms with Crippen molar-refractivity contribution < 1.29 is 12.8 Å². The van der Waals surface area contributed by atoms with Crippen molar-refractivity contribution in [1.82, 2.24) is 0 Å². The van der Waals surface area contributed by atoms with Gasteiger partial charge in [0.05, 0.1) is 28.8 Å². The number of hydrogen-bond donors (Lipinski definition) is 1. The molecule has 1 aliphatic heterocycles. The molecule has 0 bridgehead atoms. The first-order valence-electron chi connectivity index (χ1n) is 5.17. The molecule has 1 N–H and O–H groups in total. The van der Waals surface area contributed by atoms with Crippen molar-refractivity contribution in [2.45, 2.75) is 12.5 Å². The van der Waals surface area contributed by atoms with Crippen molar-refractivity contribution in [2.75, 3.05) is 16.8 Å². The average molecular weight is 254 g/mol. The van der Waals surface area contributed by atoms with Gasteiger partial charge < -0.3 is 5.32 Å². The molecule has 1 unspecified atom stereocenters. The maximum absolute atomic E-state index is 13.5. The van der Waals surface area contributed by atoms with Crippen LogP contribution in [0.15, 0.2) is 18.2 Å². The summed E-state index contributed by atoms with van der Waals surface area (Å²) in [6.45, 7) is 0. The van der Waals surface area contributed by atoms with Gasteiger partial charge in [0, 0.05) is 6.04 Å². The fraction of sp³-hybridized carbons (Fsp3) is 0.364. The predicted octanol–water partition coefficient (Wildman–Crippen LogP) is 1.30. The average Bonchev–Trinajstić information content (AvgIpc) is 2.61. The monoisotopic (exact) mass is 254 g/mol. The van der Waals surface area contributed by atoms with E-state index in [9.17, 15) is 12.8 Å². The molecule has 2 rings (SSSR count). The maximum Gasteiger partial charge on any atom is 0.152 e. The van der Waals surface area contributed by atoms with Crippen LogP contribution in [0, 0.1) is 17.1 Å². The molecule has 0 aromatic heterocycles. The highest BCUT2D eigenvalue weighted by molar-refractivity contribution is 7.91. The van der Waals surface area contributed by atoms with Gasteiger partial charge in [-0.1, -0.05) is 0 Å². The lowest BCUT2D eigenvalue weighted by molar-refractivity contribution is 0.601. The standard InChI is InChI=1S/C11H11FN2O2S/c12-10-5-8(6-13)1-2-11(10)14-9-3-4-17(15,16)7-9/h1-2,5,9,14H,3-4,7H2. The number of sulfone groups is 1. The van der Waals surface area contributed by atoms with E-state index < -0.39 is 15.7 Å². The lowest BCUT2D eigenvalue weighted by Gasteiger charge is -2.12. The molecule has 1 aromatic carbocycles. The van der Waals surface area contributed by atoms with E-state index in [0.29, 0.717) is 6.42 Å². The second-order valence-corrected chi connectivity index (χ2v) is 6.28. The van der Waals surface area contributed by atoms with Gasteiger partial charge in [0.1, 0.15) is 5.82 Å². The highest BCUT2D eigenvalue weighted by Gasteiger charge is 2.28. The summed E-state index contributed by atoms with van der Waals surface area (Å²) < 4.78 is 36.0. The van der Waals surface area contributed by atoms with E-state index in [2.05, 4.69) is 5.32 Å². The fourth-order valence-electron chi connectivity index (χ4n) is 1.83. The highest BCUT2D eigenvalue weighted by Crippen LogP contribution is 2.20. The largest absolute Gasteiger partial charge is 0.379 e. The SMILES string of the molecule is N#Cc1ccc(NC2CCS(=O)(=O)C2)c(F)c1. The van der Waals surface area contributed by atoms with E-state index in [4.69, 9.17) is 5.26 Å². The van der Waals surface area contributed by atoms with Crippen molar-refractivity contribution >= 4 is 15.5 Å². The van der Waals surface area contributed by atoms with Gasteiger partial charge in [-0.15, -0.1) is 0 Å². The molecule has 0 radical (unpaired) electrons. The van der Waals surface area contributed by atoms with Gasteiger partial charge in [0.25, 0.3) is 0 Å². The fourth-order valence-corrected chi connectivity index (χ4v) is 3.50. The summed E-state index contributed by atoms with van der Waals surface area (Å²) in [7, 11) is -2.98. The number of rotatable bonds is 2. The normalized spacial score (nSPS) is 22.0. The van der Waals surface area contributed by atoms with Crippen LogP contribution < -0.4 is 5.32 Å². The summed E-state index contributed by atoms with van der Waals surface area (Å²) >= 11 is 0. The Morgan fingerprint density at radius 1 is 1.47 bits per heavy atom. The smallest absolute Gasteiger partial charge is 0.152 e. The predicted molar refractivity (Wildman–Crippen MR) is 61.8 cm³/mol. The number of hydrogen-bond acceptors (Lipinski definition) is 4. The van der Waals surface area contributed by atoms with Crippen molar-refractivity contribution in [3.63, 3.8) is 0 Å². The van der Waals surface area contributed by atoms with Crippen LogP contribution in [0.25, 0.3) is 0 Å². The summed E-state index contributed by atoms with van der Waals surface area (Å²) in [6.07, 6.45) is 0.488. The lowest BCUT2D eigenvalue weighted by Crippen LogP contribution is -2.21. The Kier molecular flexibility index (Phi) is 3.03. The highest BCUT2D eigenvalue weighted by atomic mass is 32.2. The van der Waals surface area contributed by atoms with Crippen molar-refractivity contribution in [1.29, 1.82) is 5.26 Å². The third-order valence-electron chi connectivity index (χ3n) is 2.69. The minimum Gasteiger partial charge on any atom is -0.379 e. The summed E-state index contributed by atoms with van der Waals surface area (Å²) in [5.41, 5.74) is 0.484. The number of nitrogens with one attached hydrogen (secondary N) is 1. The zero-order valence-electron chi connectivity index (χ0n) is 8.98. The van der Waals surface area contributed by atoms with E-state index in [1.54, 1.807) is 0 Å². The van der Waals surface area contributed by atoms with E-state index in [1.165, 1.54) is 12.1 Å². The molecule has 1 atom stereocenters. The molecular formula is C11H11FN2O2S. The van der Waals surface area contributed by atoms with Crippen LogP contribution in [-0.2, 0) is 9.84 Å². The molecule has 17 heavy (non-hydrogen) atoms. The number of nitriles is 1. The number of halogens is 1. The topological polar surface area (TPSA) is 70.0 Å². The van der Waals surface area contributed by atoms with Crippen LogP contribution in [0.2, 0.25) is 0 Å². The van der Waals surface area contributed by atoms with Gasteiger partial charge in [0.2, 0.25) is 0 Å². The molecule has 1 heterocycles. The molecule has 1 saturated heterocycles. The summed E-state index contributed by atoms with van der Waals surface area (Å²) in [4.78, 5) is 0. The lowest BCUT2D eigenvalue weighted by atomic mass is 10.2. The second-order valence-electron chi connectivity index (χ2n) is 4.05. The van der Waals surface area contributed by atoms with Crippen LogP contribution in [0.5, 0.6) is 0 Å². The van der Waals surface area contributed by atoms with Gasteiger partial charge in [-0.25, -0.2) is 12.8 Å². The number of benzene rings is 1. The molecule has 0 saturated carbocycles. The van der Waals surface area contributed by atoms with E-state index >= 15 is 0 Å². The van der Waals surface area contributed by atoms with E-state index in [0.717, 1.165) is 6.07 Å². The Morgan fingerprint density at radius 2 is 2.24 bits per heavy atom. The van der Waals surface area contributed by atoms with Crippen molar-refractivity contribution in [3.05, 3.63) is 29.6 Å². The molecule has 0 spiro atoms. The number of nitrogens with zero attached hydrogens (tertiary/aromatic N) is 1. The van der Waals surface area contributed by atoms with Gasteiger partial charge in [0.15, 0.2) is 9.84 Å². The van der Waals surface area contributed by atoms with Crippen LogP contribution in [-0.4, -0.2) is 26.0 Å². The van der Waals surface area contributed by atoms with Crippen LogP contribution in [0.3, 0.4) is 0 Å². The van der Waals surface area contributed by atoms with E-state index in [-0.39, 0.29) is 28.8 Å². The molecule has 90 valence electrons. The van der Waals surface area contributed by atoms with Crippen molar-refractivity contribution in [3.8, 4) is 6.07 Å². The summed E-state index contributed by atoms with van der Waals surface area (Å²) in [5, 5.41) is 11.4. The first kappa shape index (κ1) is 11.9. The third kappa shape index (κ3) is 2.74. The van der Waals surface area contributed by atoms with Gasteiger partial charge in [-0.2, -0.15) is 5.26 Å². The van der Waals surface area contributed by atoms with Crippen LogP contribution in [0.1, 0.15) is 12.0 Å². The summed E-state index contributed by atoms with van der Waals surface area (Å²) in [6, 6.07) is 5.67. The van der Waals surface area contributed by atoms with Crippen molar-refractivity contribution in [2.24, 2.45) is 0 Å². The quantitative estimate of drug-likeness (QED) is 0.863. The molecule has 0 aliphatic carbocycles. The minimum absolute atomic E-state index is 0.0342. The van der Waals surface area contributed by atoms with Gasteiger partial charge >= 0.3 is 0 Å². The Bertz CT molecular complexity index is 578. The first-order valence-corrected chi connectivity index (χ1v) is 6.99. The Balaban J connectivity index is 2.13. The molecule has 1 aliphatic rings. The Morgan fingerprint density at radius 3 is 2.76 bits per heavy atom. The maximum atomic E-state index is 13.5. The molecule has 6 heteroatoms. The molecular weight excluding hydrogens is 243 g/mol. The minimum atomic E-state index is -2.98. The first-order chi connectivity index (χ1) is 8.00. The Labute approximate surface area is 99.0 Å². The van der Waals surface area contributed by atoms with Crippen LogP contribution >= 0.6 is 0 Å². The summed E-state index contributed by atoms with van der Waals surface area (Å²) in [5.74, 6) is -0.358. The molecule has 4 nitrogen and oxygen atoms in total. The van der Waals surface area contributed by atoms with E-state index in [1.807, 2.05) is 6.07 Å².